The summed E-state index contributed by atoms with van der Waals surface area (Å²) in [6.07, 6.45) is 0.906. The van der Waals surface area contributed by atoms with Gasteiger partial charge in [-0.15, -0.1) is 0 Å². The Bertz CT molecular complexity index is 308. The smallest absolute Gasteiger partial charge is 0.0689 e. The molecule has 0 radical (unpaired) electrons. The molecule has 1 fully saturated rings. The number of nitrogens with two attached hydrogens (primary N) is 1. The standard InChI is InChI=1S/C10H12BrNO/c11-9-3-1-2-8(6-9)10(12)4-5-13-7-10/h1-3,6H,4-5,7,12H2. The molecule has 1 heterocycles. The zero-order valence-electron chi connectivity index (χ0n) is 7.29. The normalized spacial score (nSPS) is 27.8. The molecule has 1 unspecified atom stereocenters. The molecule has 1 saturated heterocycles. The number of hydrogen-bond donors (Lipinski definition) is 1. The summed E-state index contributed by atoms with van der Waals surface area (Å²) in [5, 5.41) is 0. The molecular formula is C10H12BrNO. The van der Waals surface area contributed by atoms with Crippen LogP contribution in [-0.2, 0) is 10.3 Å². The molecule has 2 rings (SSSR count). The number of hydrogen-bond acceptors (Lipinski definition) is 2. The molecule has 1 aliphatic rings. The lowest BCUT2D eigenvalue weighted by Crippen LogP contribution is -2.36. The maximum absolute atomic E-state index is 6.20. The van der Waals surface area contributed by atoms with E-state index in [0.717, 1.165) is 23.1 Å². The molecule has 1 aromatic carbocycles. The van der Waals surface area contributed by atoms with Gasteiger partial charge in [-0.05, 0) is 24.1 Å². The Morgan fingerprint density at radius 1 is 1.46 bits per heavy atom. The Morgan fingerprint density at radius 2 is 2.31 bits per heavy atom. The van der Waals surface area contributed by atoms with E-state index in [0.29, 0.717) is 6.61 Å². The van der Waals surface area contributed by atoms with Gasteiger partial charge in [0.05, 0.1) is 12.1 Å². The first-order chi connectivity index (χ1) is 6.21. The van der Waals surface area contributed by atoms with Crippen LogP contribution in [0.2, 0.25) is 0 Å². The molecule has 0 aromatic heterocycles. The van der Waals surface area contributed by atoms with Crippen LogP contribution in [0.1, 0.15) is 12.0 Å². The zero-order valence-corrected chi connectivity index (χ0v) is 8.88. The van der Waals surface area contributed by atoms with Gasteiger partial charge in [0.25, 0.3) is 0 Å². The maximum Gasteiger partial charge on any atom is 0.0689 e. The molecule has 1 aromatic rings. The molecule has 70 valence electrons. The van der Waals surface area contributed by atoms with Crippen molar-refractivity contribution in [3.05, 3.63) is 34.3 Å². The molecule has 0 aliphatic carbocycles. The van der Waals surface area contributed by atoms with E-state index in [-0.39, 0.29) is 5.54 Å². The van der Waals surface area contributed by atoms with Crippen molar-refractivity contribution in [1.29, 1.82) is 0 Å². The van der Waals surface area contributed by atoms with Crippen LogP contribution >= 0.6 is 15.9 Å². The van der Waals surface area contributed by atoms with Crippen molar-refractivity contribution in [2.45, 2.75) is 12.0 Å². The maximum atomic E-state index is 6.20. The molecule has 2 nitrogen and oxygen atoms in total. The fraction of sp³-hybridized carbons (Fsp3) is 0.400. The first kappa shape index (κ1) is 9.19. The number of halogens is 1. The molecule has 1 aliphatic heterocycles. The van der Waals surface area contributed by atoms with Crippen LogP contribution in [0.4, 0.5) is 0 Å². The van der Waals surface area contributed by atoms with Crippen LogP contribution in [0.3, 0.4) is 0 Å². The van der Waals surface area contributed by atoms with Crippen molar-refractivity contribution in [3.63, 3.8) is 0 Å². The van der Waals surface area contributed by atoms with E-state index in [2.05, 4.69) is 28.1 Å². The summed E-state index contributed by atoms with van der Waals surface area (Å²) in [6.45, 7) is 1.40. The average Bonchev–Trinajstić information content (AvgIpc) is 2.54. The summed E-state index contributed by atoms with van der Waals surface area (Å²) in [5.41, 5.74) is 7.08. The van der Waals surface area contributed by atoms with Crippen LogP contribution in [0.15, 0.2) is 28.7 Å². The minimum Gasteiger partial charge on any atom is -0.379 e. The van der Waals surface area contributed by atoms with Gasteiger partial charge in [-0.1, -0.05) is 28.1 Å². The monoisotopic (exact) mass is 241 g/mol. The number of rotatable bonds is 1. The minimum absolute atomic E-state index is 0.274. The van der Waals surface area contributed by atoms with Crippen molar-refractivity contribution in [1.82, 2.24) is 0 Å². The van der Waals surface area contributed by atoms with E-state index in [1.807, 2.05) is 12.1 Å². The van der Waals surface area contributed by atoms with Crippen molar-refractivity contribution in [2.24, 2.45) is 5.73 Å². The van der Waals surface area contributed by atoms with Crippen LogP contribution in [0, 0.1) is 0 Å². The highest BCUT2D eigenvalue weighted by Gasteiger charge is 2.32. The van der Waals surface area contributed by atoms with E-state index < -0.39 is 0 Å². The third-order valence-corrected chi connectivity index (χ3v) is 2.94. The molecule has 0 saturated carbocycles. The van der Waals surface area contributed by atoms with Gasteiger partial charge in [-0.25, -0.2) is 0 Å². The third-order valence-electron chi connectivity index (χ3n) is 2.45. The third kappa shape index (κ3) is 1.77. The second kappa shape index (κ2) is 3.40. The molecule has 13 heavy (non-hydrogen) atoms. The van der Waals surface area contributed by atoms with E-state index in [1.54, 1.807) is 0 Å². The molecule has 3 heteroatoms. The van der Waals surface area contributed by atoms with Gasteiger partial charge in [0, 0.05) is 11.1 Å². The predicted molar refractivity (Wildman–Crippen MR) is 55.4 cm³/mol. The van der Waals surface area contributed by atoms with Gasteiger partial charge in [-0.2, -0.15) is 0 Å². The molecule has 1 atom stereocenters. The number of ether oxygens (including phenoxy) is 1. The van der Waals surface area contributed by atoms with Gasteiger partial charge < -0.3 is 10.5 Å². The molecule has 0 bridgehead atoms. The summed E-state index contributed by atoms with van der Waals surface area (Å²) in [5.74, 6) is 0. The van der Waals surface area contributed by atoms with Gasteiger partial charge >= 0.3 is 0 Å². The highest BCUT2D eigenvalue weighted by Crippen LogP contribution is 2.29. The second-order valence-electron chi connectivity index (χ2n) is 3.47. The fourth-order valence-corrected chi connectivity index (χ4v) is 2.01. The lowest BCUT2D eigenvalue weighted by Gasteiger charge is -2.22. The van der Waals surface area contributed by atoms with Gasteiger partial charge in [-0.3, -0.25) is 0 Å². The predicted octanol–water partition coefficient (Wildman–Crippen LogP) is 2.02. The van der Waals surface area contributed by atoms with Gasteiger partial charge in [0.15, 0.2) is 0 Å². The van der Waals surface area contributed by atoms with Crippen LogP contribution in [0.25, 0.3) is 0 Å². The van der Waals surface area contributed by atoms with Crippen LogP contribution in [0.5, 0.6) is 0 Å². The average molecular weight is 242 g/mol. The van der Waals surface area contributed by atoms with E-state index >= 15 is 0 Å². The summed E-state index contributed by atoms with van der Waals surface area (Å²) < 4.78 is 6.39. The van der Waals surface area contributed by atoms with E-state index in [1.165, 1.54) is 0 Å². The molecular weight excluding hydrogens is 230 g/mol. The summed E-state index contributed by atoms with van der Waals surface area (Å²) in [7, 11) is 0. The zero-order chi connectivity index (χ0) is 9.31. The Kier molecular flexibility index (Phi) is 2.41. The SMILES string of the molecule is NC1(c2cccc(Br)c2)CCOC1. The molecule has 0 amide bonds. The van der Waals surface area contributed by atoms with E-state index in [4.69, 9.17) is 10.5 Å². The first-order valence-corrected chi connectivity index (χ1v) is 5.13. The Labute approximate surface area is 86.2 Å². The lowest BCUT2D eigenvalue weighted by molar-refractivity contribution is 0.178. The molecule has 0 spiro atoms. The van der Waals surface area contributed by atoms with E-state index in [9.17, 15) is 0 Å². The summed E-state index contributed by atoms with van der Waals surface area (Å²) in [4.78, 5) is 0. The van der Waals surface area contributed by atoms with Crippen molar-refractivity contribution in [2.75, 3.05) is 13.2 Å². The minimum atomic E-state index is -0.274. The first-order valence-electron chi connectivity index (χ1n) is 4.33. The summed E-state index contributed by atoms with van der Waals surface area (Å²) in [6, 6.07) is 8.13. The van der Waals surface area contributed by atoms with Gasteiger partial charge in [0.1, 0.15) is 0 Å². The summed E-state index contributed by atoms with van der Waals surface area (Å²) >= 11 is 3.44. The Balaban J connectivity index is 2.33. The quantitative estimate of drug-likeness (QED) is 0.817. The topological polar surface area (TPSA) is 35.2 Å². The highest BCUT2D eigenvalue weighted by atomic mass is 79.9. The van der Waals surface area contributed by atoms with Crippen molar-refractivity contribution < 1.29 is 4.74 Å². The van der Waals surface area contributed by atoms with Crippen molar-refractivity contribution >= 4 is 15.9 Å². The Morgan fingerprint density at radius 3 is 2.92 bits per heavy atom. The lowest BCUT2D eigenvalue weighted by atomic mass is 9.91. The fourth-order valence-electron chi connectivity index (χ4n) is 1.61. The van der Waals surface area contributed by atoms with Crippen LogP contribution in [-0.4, -0.2) is 13.2 Å². The van der Waals surface area contributed by atoms with Crippen molar-refractivity contribution in [3.8, 4) is 0 Å². The molecule has 2 N–H and O–H groups in total. The highest BCUT2D eigenvalue weighted by molar-refractivity contribution is 9.10. The van der Waals surface area contributed by atoms with Gasteiger partial charge in [0.2, 0.25) is 0 Å². The second-order valence-corrected chi connectivity index (χ2v) is 4.38. The Hall–Kier alpha value is -0.380. The largest absolute Gasteiger partial charge is 0.379 e. The van der Waals surface area contributed by atoms with Crippen LogP contribution < -0.4 is 5.73 Å². The number of benzene rings is 1.